The first-order valence-electron chi connectivity index (χ1n) is 11.4. The van der Waals surface area contributed by atoms with Gasteiger partial charge in [-0.1, -0.05) is 42.5 Å². The lowest BCUT2D eigenvalue weighted by molar-refractivity contribution is 0.296. The molecule has 32 heavy (non-hydrogen) atoms. The third-order valence-corrected chi connectivity index (χ3v) is 5.70. The Labute approximate surface area is 190 Å². The van der Waals surface area contributed by atoms with Gasteiger partial charge in [-0.15, -0.1) is 0 Å². The molecule has 0 amide bonds. The lowest BCUT2D eigenvalue weighted by Gasteiger charge is -2.15. The molecule has 2 aromatic carbocycles. The summed E-state index contributed by atoms with van der Waals surface area (Å²) in [5.74, 6) is 3.55. The fraction of sp³-hybridized carbons (Fsp3) is 0.385. The molecular weight excluding hydrogens is 398 g/mol. The molecule has 4 rings (SSSR count). The van der Waals surface area contributed by atoms with Crippen LogP contribution in [-0.2, 0) is 19.5 Å². The summed E-state index contributed by atoms with van der Waals surface area (Å²) >= 11 is 0. The van der Waals surface area contributed by atoms with Crippen molar-refractivity contribution in [3.63, 3.8) is 0 Å². The van der Waals surface area contributed by atoms with Gasteiger partial charge in [-0.25, -0.2) is 4.98 Å². The lowest BCUT2D eigenvalue weighted by Crippen LogP contribution is -2.38. The molecule has 0 bridgehead atoms. The Morgan fingerprint density at radius 1 is 1.16 bits per heavy atom. The van der Waals surface area contributed by atoms with Gasteiger partial charge in [0.25, 0.3) is 0 Å². The van der Waals surface area contributed by atoms with Gasteiger partial charge in [0.05, 0.1) is 6.61 Å². The topological polar surface area (TPSA) is 63.5 Å². The Hall–Kier alpha value is -3.28. The van der Waals surface area contributed by atoms with Gasteiger partial charge in [0, 0.05) is 51.1 Å². The molecule has 1 aromatic heterocycles. The molecule has 1 aliphatic carbocycles. The average molecular weight is 432 g/mol. The Morgan fingerprint density at radius 2 is 2.00 bits per heavy atom. The largest absolute Gasteiger partial charge is 0.493 e. The van der Waals surface area contributed by atoms with Crippen molar-refractivity contribution in [1.29, 1.82) is 0 Å². The molecule has 3 aromatic rings. The van der Waals surface area contributed by atoms with Crippen LogP contribution in [-0.4, -0.2) is 35.7 Å². The van der Waals surface area contributed by atoms with E-state index in [0.29, 0.717) is 6.54 Å². The van der Waals surface area contributed by atoms with Crippen molar-refractivity contribution in [1.82, 2.24) is 20.2 Å². The molecule has 1 heterocycles. The molecule has 1 aliphatic rings. The van der Waals surface area contributed by atoms with Gasteiger partial charge in [0.1, 0.15) is 11.6 Å². The molecule has 0 unspecified atom stereocenters. The zero-order valence-corrected chi connectivity index (χ0v) is 19.1. The minimum absolute atomic E-state index is 0.669. The van der Waals surface area contributed by atoms with E-state index < -0.39 is 0 Å². The van der Waals surface area contributed by atoms with Gasteiger partial charge >= 0.3 is 0 Å². The second-order valence-electron chi connectivity index (χ2n) is 8.43. The summed E-state index contributed by atoms with van der Waals surface area (Å²) in [6.07, 6.45) is 7.31. The molecule has 6 nitrogen and oxygen atoms in total. The maximum atomic E-state index is 6.09. The number of aryl methyl sites for hydroxylation is 1. The molecule has 0 aliphatic heterocycles. The molecule has 0 spiro atoms. The highest BCUT2D eigenvalue weighted by molar-refractivity contribution is 5.79. The number of hydrogen-bond donors (Lipinski definition) is 2. The van der Waals surface area contributed by atoms with Gasteiger partial charge in [0.15, 0.2) is 5.96 Å². The first-order valence-corrected chi connectivity index (χ1v) is 11.4. The van der Waals surface area contributed by atoms with Gasteiger partial charge < -0.3 is 19.9 Å². The quantitative estimate of drug-likeness (QED) is 0.377. The molecule has 2 N–H and O–H groups in total. The van der Waals surface area contributed by atoms with Crippen LogP contribution in [0.25, 0.3) is 0 Å². The number of hydrogen-bond acceptors (Lipinski definition) is 3. The number of aromatic nitrogens is 2. The van der Waals surface area contributed by atoms with E-state index in [4.69, 9.17) is 4.74 Å². The summed E-state index contributed by atoms with van der Waals surface area (Å²) < 4.78 is 8.29. The van der Waals surface area contributed by atoms with Gasteiger partial charge in [-0.05, 0) is 42.9 Å². The summed E-state index contributed by atoms with van der Waals surface area (Å²) in [6, 6.07) is 16.9. The van der Waals surface area contributed by atoms with Crippen molar-refractivity contribution in [3.8, 4) is 5.75 Å². The minimum Gasteiger partial charge on any atom is -0.493 e. The van der Waals surface area contributed by atoms with E-state index in [9.17, 15) is 0 Å². The van der Waals surface area contributed by atoms with Crippen LogP contribution >= 0.6 is 0 Å². The zero-order valence-electron chi connectivity index (χ0n) is 19.1. The number of benzene rings is 2. The number of nitrogens with one attached hydrogen (secondary N) is 2. The van der Waals surface area contributed by atoms with Crippen molar-refractivity contribution in [2.75, 3.05) is 20.2 Å². The van der Waals surface area contributed by atoms with E-state index in [2.05, 4.69) is 74.6 Å². The summed E-state index contributed by atoms with van der Waals surface area (Å²) in [7, 11) is 1.80. The molecule has 1 fully saturated rings. The maximum absolute atomic E-state index is 6.09. The number of nitrogens with zero attached hydrogens (tertiary/aromatic N) is 3. The standard InChI is InChI=1S/C26H33N5O/c1-20-8-11-23(24(16-20)32-19-22-9-10-22)17-30-26(27-2)29-13-12-25-28-14-15-31(25)18-21-6-4-3-5-7-21/h3-8,11,14-16,22H,9-10,12-13,17-19H2,1-2H3,(H2,27,29,30). The maximum Gasteiger partial charge on any atom is 0.191 e. The highest BCUT2D eigenvalue weighted by Crippen LogP contribution is 2.30. The first-order chi connectivity index (χ1) is 15.7. The van der Waals surface area contributed by atoms with Crippen molar-refractivity contribution in [3.05, 3.63) is 83.4 Å². The molecule has 0 saturated heterocycles. The molecule has 6 heteroatoms. The predicted molar refractivity (Wildman–Crippen MR) is 129 cm³/mol. The average Bonchev–Trinajstić information content (AvgIpc) is 3.55. The van der Waals surface area contributed by atoms with E-state index in [-0.39, 0.29) is 0 Å². The monoisotopic (exact) mass is 431 g/mol. The first kappa shape index (κ1) is 21.9. The summed E-state index contributed by atoms with van der Waals surface area (Å²) in [5.41, 5.74) is 3.64. The second-order valence-corrected chi connectivity index (χ2v) is 8.43. The predicted octanol–water partition coefficient (Wildman–Crippen LogP) is 3.94. The fourth-order valence-electron chi connectivity index (χ4n) is 3.62. The van der Waals surface area contributed by atoms with Crippen LogP contribution in [0.4, 0.5) is 0 Å². The summed E-state index contributed by atoms with van der Waals surface area (Å²) in [5, 5.41) is 6.82. The van der Waals surface area contributed by atoms with Crippen molar-refractivity contribution < 1.29 is 4.74 Å². The van der Waals surface area contributed by atoms with E-state index in [1.165, 1.54) is 24.0 Å². The van der Waals surface area contributed by atoms with E-state index in [1.807, 2.05) is 18.5 Å². The summed E-state index contributed by atoms with van der Waals surface area (Å²) in [6.45, 7) is 5.18. The summed E-state index contributed by atoms with van der Waals surface area (Å²) in [4.78, 5) is 8.90. The molecular formula is C26H33N5O. The van der Waals surface area contributed by atoms with Crippen LogP contribution in [0.5, 0.6) is 5.75 Å². The number of rotatable bonds is 10. The number of imidazole rings is 1. The molecule has 0 radical (unpaired) electrons. The normalized spacial score (nSPS) is 13.8. The third kappa shape index (κ3) is 6.36. The van der Waals surface area contributed by atoms with E-state index in [1.54, 1.807) is 7.05 Å². The Balaban J connectivity index is 1.27. The van der Waals surface area contributed by atoms with Crippen molar-refractivity contribution in [2.45, 2.75) is 39.3 Å². The van der Waals surface area contributed by atoms with E-state index in [0.717, 1.165) is 55.1 Å². The molecule has 0 atom stereocenters. The van der Waals surface area contributed by atoms with Gasteiger partial charge in [0.2, 0.25) is 0 Å². The smallest absolute Gasteiger partial charge is 0.191 e. The Kier molecular flexibility index (Phi) is 7.43. The van der Waals surface area contributed by atoms with Gasteiger partial charge in [-0.2, -0.15) is 0 Å². The van der Waals surface area contributed by atoms with Crippen LogP contribution in [0, 0.1) is 12.8 Å². The van der Waals surface area contributed by atoms with Crippen LogP contribution in [0.15, 0.2) is 65.9 Å². The Morgan fingerprint density at radius 3 is 2.78 bits per heavy atom. The Bertz CT molecular complexity index is 1020. The number of guanidine groups is 1. The van der Waals surface area contributed by atoms with E-state index >= 15 is 0 Å². The van der Waals surface area contributed by atoms with Crippen molar-refractivity contribution in [2.24, 2.45) is 10.9 Å². The number of ether oxygens (including phenoxy) is 1. The third-order valence-electron chi connectivity index (χ3n) is 5.70. The lowest BCUT2D eigenvalue weighted by atomic mass is 10.1. The van der Waals surface area contributed by atoms with Crippen LogP contribution in [0.3, 0.4) is 0 Å². The zero-order chi connectivity index (χ0) is 22.2. The van der Waals surface area contributed by atoms with Crippen molar-refractivity contribution >= 4 is 5.96 Å². The van der Waals surface area contributed by atoms with Crippen LogP contribution < -0.4 is 15.4 Å². The molecule has 1 saturated carbocycles. The van der Waals surface area contributed by atoms with Crippen LogP contribution in [0.1, 0.15) is 35.4 Å². The highest BCUT2D eigenvalue weighted by atomic mass is 16.5. The highest BCUT2D eigenvalue weighted by Gasteiger charge is 2.22. The van der Waals surface area contributed by atoms with Crippen LogP contribution in [0.2, 0.25) is 0 Å². The number of aliphatic imine (C=N–C) groups is 1. The fourth-order valence-corrected chi connectivity index (χ4v) is 3.62. The van der Waals surface area contributed by atoms with Gasteiger partial charge in [-0.3, -0.25) is 4.99 Å². The second kappa shape index (κ2) is 10.8. The SMILES string of the molecule is CN=C(NCCc1nccn1Cc1ccccc1)NCc1ccc(C)cc1OCC1CC1. The minimum atomic E-state index is 0.669. The molecule has 168 valence electrons.